The lowest BCUT2D eigenvalue weighted by Crippen LogP contribution is -2.32. The number of nitrogens with zero attached hydrogens (tertiary/aromatic N) is 1. The number of nitrogens with one attached hydrogen (secondary N) is 1. The number of amides is 2. The molecule has 1 aliphatic heterocycles. The number of aryl methyl sites for hydroxylation is 3. The van der Waals surface area contributed by atoms with E-state index in [1.807, 2.05) is 81.4 Å². The second kappa shape index (κ2) is 9.43. The molecule has 0 radical (unpaired) electrons. The smallest absolute Gasteiger partial charge is 0.278 e. The second-order valence-electron chi connectivity index (χ2n) is 8.41. The van der Waals surface area contributed by atoms with E-state index < -0.39 is 5.91 Å². The Morgan fingerprint density at radius 2 is 1.47 bits per heavy atom. The molecule has 0 aromatic heterocycles. The maximum atomic E-state index is 13.7. The van der Waals surface area contributed by atoms with Crippen molar-refractivity contribution in [3.8, 4) is 11.5 Å². The first-order chi connectivity index (χ1) is 16.3. The summed E-state index contributed by atoms with van der Waals surface area (Å²) in [6.45, 7) is 6.00. The Bertz CT molecular complexity index is 1310. The van der Waals surface area contributed by atoms with Crippen LogP contribution in [0.25, 0.3) is 5.57 Å². The number of anilines is 1. The number of rotatable bonds is 7. The van der Waals surface area contributed by atoms with Crippen LogP contribution < -0.4 is 14.8 Å². The molecule has 1 heterocycles. The van der Waals surface area contributed by atoms with Gasteiger partial charge < -0.3 is 14.8 Å². The van der Waals surface area contributed by atoms with E-state index >= 15 is 0 Å². The van der Waals surface area contributed by atoms with Gasteiger partial charge in [-0.1, -0.05) is 48.0 Å². The maximum Gasteiger partial charge on any atom is 0.278 e. The molecule has 6 nitrogen and oxygen atoms in total. The molecule has 1 N–H and O–H groups in total. The third-order valence-corrected chi connectivity index (χ3v) is 5.95. The number of imide groups is 1. The molecule has 3 aromatic carbocycles. The Labute approximate surface area is 199 Å². The Balaban J connectivity index is 1.82. The molecule has 4 rings (SSSR count). The fraction of sp³-hybridized carbons (Fsp3) is 0.214. The summed E-state index contributed by atoms with van der Waals surface area (Å²) in [4.78, 5) is 28.6. The fourth-order valence-corrected chi connectivity index (χ4v) is 4.24. The number of benzene rings is 3. The first-order valence-corrected chi connectivity index (χ1v) is 11.1. The van der Waals surface area contributed by atoms with Crippen LogP contribution in [0.1, 0.15) is 27.8 Å². The molecule has 0 unspecified atom stereocenters. The van der Waals surface area contributed by atoms with Gasteiger partial charge in [-0.25, -0.2) is 0 Å². The molecule has 0 saturated heterocycles. The van der Waals surface area contributed by atoms with Gasteiger partial charge in [0.2, 0.25) is 0 Å². The van der Waals surface area contributed by atoms with Crippen LogP contribution in [0.4, 0.5) is 5.69 Å². The largest absolute Gasteiger partial charge is 0.496 e. The molecule has 3 aromatic rings. The molecule has 0 bridgehead atoms. The molecule has 34 heavy (non-hydrogen) atoms. The Kier molecular flexibility index (Phi) is 6.41. The fourth-order valence-electron chi connectivity index (χ4n) is 4.24. The van der Waals surface area contributed by atoms with Crippen molar-refractivity contribution in [2.45, 2.75) is 27.3 Å². The summed E-state index contributed by atoms with van der Waals surface area (Å²) in [5.41, 5.74) is 5.68. The average Bonchev–Trinajstić information content (AvgIpc) is 3.04. The Morgan fingerprint density at radius 1 is 0.794 bits per heavy atom. The first-order valence-electron chi connectivity index (χ1n) is 11.1. The van der Waals surface area contributed by atoms with E-state index in [1.165, 1.54) is 4.90 Å². The van der Waals surface area contributed by atoms with Crippen molar-refractivity contribution in [2.24, 2.45) is 0 Å². The Morgan fingerprint density at radius 3 is 2.18 bits per heavy atom. The van der Waals surface area contributed by atoms with Gasteiger partial charge in [0.15, 0.2) is 0 Å². The van der Waals surface area contributed by atoms with Crippen LogP contribution in [-0.4, -0.2) is 30.9 Å². The van der Waals surface area contributed by atoms with E-state index in [0.717, 1.165) is 27.8 Å². The summed E-state index contributed by atoms with van der Waals surface area (Å²) in [6.07, 6.45) is 0. The number of hydrogen-bond acceptors (Lipinski definition) is 5. The van der Waals surface area contributed by atoms with E-state index in [2.05, 4.69) is 5.32 Å². The summed E-state index contributed by atoms with van der Waals surface area (Å²) in [5, 5.41) is 3.23. The SMILES string of the molecule is COc1ccccc1CN1C(=O)C(Nc2cc(C)ccc2OC)=C(c2ccc(C)cc2C)C1=O. The highest BCUT2D eigenvalue weighted by atomic mass is 16.5. The number of methoxy groups -OCH3 is 2. The predicted molar refractivity (Wildman–Crippen MR) is 133 cm³/mol. The van der Waals surface area contributed by atoms with Gasteiger partial charge in [0.1, 0.15) is 17.2 Å². The summed E-state index contributed by atoms with van der Waals surface area (Å²) in [5.74, 6) is 0.464. The first kappa shape index (κ1) is 23.1. The van der Waals surface area contributed by atoms with Gasteiger partial charge in [0.25, 0.3) is 11.8 Å². The molecule has 0 saturated carbocycles. The van der Waals surface area contributed by atoms with E-state index in [9.17, 15) is 9.59 Å². The molecule has 1 aliphatic rings. The normalized spacial score (nSPS) is 13.5. The quantitative estimate of drug-likeness (QED) is 0.506. The van der Waals surface area contributed by atoms with E-state index in [4.69, 9.17) is 9.47 Å². The van der Waals surface area contributed by atoms with Gasteiger partial charge >= 0.3 is 0 Å². The Hall–Kier alpha value is -4.06. The van der Waals surface area contributed by atoms with Crippen molar-refractivity contribution in [1.29, 1.82) is 0 Å². The highest BCUT2D eigenvalue weighted by Crippen LogP contribution is 2.36. The number of ether oxygens (including phenoxy) is 2. The lowest BCUT2D eigenvalue weighted by Gasteiger charge is -2.17. The van der Waals surface area contributed by atoms with Crippen LogP contribution in [0, 0.1) is 20.8 Å². The highest BCUT2D eigenvalue weighted by molar-refractivity contribution is 6.36. The van der Waals surface area contributed by atoms with E-state index in [0.29, 0.717) is 22.8 Å². The van der Waals surface area contributed by atoms with Crippen molar-refractivity contribution >= 4 is 23.1 Å². The van der Waals surface area contributed by atoms with Crippen molar-refractivity contribution < 1.29 is 19.1 Å². The van der Waals surface area contributed by atoms with Gasteiger partial charge in [-0.05, 0) is 55.7 Å². The molecular weight excluding hydrogens is 428 g/mol. The molecule has 0 spiro atoms. The van der Waals surface area contributed by atoms with Gasteiger partial charge in [0.05, 0.1) is 32.0 Å². The minimum atomic E-state index is -0.394. The number of carbonyl (C=O) groups excluding carboxylic acids is 2. The lowest BCUT2D eigenvalue weighted by molar-refractivity contribution is -0.137. The van der Waals surface area contributed by atoms with Crippen LogP contribution in [0.5, 0.6) is 11.5 Å². The van der Waals surface area contributed by atoms with Gasteiger partial charge in [-0.3, -0.25) is 14.5 Å². The summed E-state index contributed by atoms with van der Waals surface area (Å²) >= 11 is 0. The van der Waals surface area contributed by atoms with E-state index in [1.54, 1.807) is 14.2 Å². The molecule has 174 valence electrons. The van der Waals surface area contributed by atoms with Crippen molar-refractivity contribution in [1.82, 2.24) is 4.90 Å². The lowest BCUT2D eigenvalue weighted by atomic mass is 9.97. The zero-order chi connectivity index (χ0) is 24.4. The molecule has 6 heteroatoms. The minimum Gasteiger partial charge on any atom is -0.496 e. The minimum absolute atomic E-state index is 0.103. The molecule has 0 atom stereocenters. The third kappa shape index (κ3) is 4.27. The van der Waals surface area contributed by atoms with Gasteiger partial charge in [-0.15, -0.1) is 0 Å². The topological polar surface area (TPSA) is 67.9 Å². The van der Waals surface area contributed by atoms with Crippen molar-refractivity contribution in [3.63, 3.8) is 0 Å². The maximum absolute atomic E-state index is 13.7. The summed E-state index contributed by atoms with van der Waals surface area (Å²) < 4.78 is 10.9. The third-order valence-electron chi connectivity index (χ3n) is 5.95. The number of hydrogen-bond donors (Lipinski definition) is 1. The average molecular weight is 457 g/mol. The monoisotopic (exact) mass is 456 g/mol. The van der Waals surface area contributed by atoms with Crippen LogP contribution in [0.3, 0.4) is 0 Å². The van der Waals surface area contributed by atoms with Gasteiger partial charge in [-0.2, -0.15) is 0 Å². The summed E-state index contributed by atoms with van der Waals surface area (Å²) in [6, 6.07) is 18.9. The second-order valence-corrected chi connectivity index (χ2v) is 8.41. The van der Waals surface area contributed by atoms with Crippen LogP contribution in [-0.2, 0) is 16.1 Å². The molecule has 0 fully saturated rings. The van der Waals surface area contributed by atoms with E-state index in [-0.39, 0.29) is 18.1 Å². The standard InChI is InChI=1S/C28H28N2O4/c1-17-10-12-21(19(3)14-17)25-26(29-22-15-18(2)11-13-24(22)34-5)28(32)30(27(25)31)16-20-8-6-7-9-23(20)33-4/h6-15,29H,16H2,1-5H3. The zero-order valence-electron chi connectivity index (χ0n) is 20.1. The molecule has 2 amide bonds. The van der Waals surface area contributed by atoms with Gasteiger partial charge in [0, 0.05) is 5.56 Å². The summed E-state index contributed by atoms with van der Waals surface area (Å²) in [7, 11) is 3.15. The number of para-hydroxylation sites is 1. The number of carbonyl (C=O) groups is 2. The highest BCUT2D eigenvalue weighted by Gasteiger charge is 2.40. The molecular formula is C28H28N2O4. The van der Waals surface area contributed by atoms with Crippen LogP contribution >= 0.6 is 0 Å². The van der Waals surface area contributed by atoms with Crippen molar-refractivity contribution in [2.75, 3.05) is 19.5 Å². The molecule has 0 aliphatic carbocycles. The zero-order valence-corrected chi connectivity index (χ0v) is 20.1. The van der Waals surface area contributed by atoms with Crippen LogP contribution in [0.2, 0.25) is 0 Å². The van der Waals surface area contributed by atoms with Crippen LogP contribution in [0.15, 0.2) is 66.4 Å². The predicted octanol–water partition coefficient (Wildman–Crippen LogP) is 5.02. The van der Waals surface area contributed by atoms with Crippen molar-refractivity contribution in [3.05, 3.63) is 94.2 Å².